The minimum atomic E-state index is -0.204. The van der Waals surface area contributed by atoms with Crippen LogP contribution in [0.3, 0.4) is 0 Å². The predicted octanol–water partition coefficient (Wildman–Crippen LogP) is 0.700. The van der Waals surface area contributed by atoms with E-state index in [1.54, 1.807) is 13.3 Å². The number of nitrogens with one attached hydrogen (secondary N) is 1. The summed E-state index contributed by atoms with van der Waals surface area (Å²) in [6.45, 7) is 2.82. The van der Waals surface area contributed by atoms with E-state index in [1.165, 1.54) is 6.20 Å². The van der Waals surface area contributed by atoms with E-state index in [1.807, 2.05) is 11.8 Å². The van der Waals surface area contributed by atoms with Crippen LogP contribution in [0.2, 0.25) is 0 Å². The van der Waals surface area contributed by atoms with Gasteiger partial charge in [-0.3, -0.25) is 14.6 Å². The molecule has 3 heterocycles. The maximum Gasteiger partial charge on any atom is 0.271 e. The molecule has 0 aromatic carbocycles. The molecule has 142 valence electrons. The molecule has 3 atom stereocenters. The Morgan fingerprint density at radius 1 is 1.19 bits per heavy atom. The van der Waals surface area contributed by atoms with E-state index in [0.29, 0.717) is 18.9 Å². The first-order valence-corrected chi connectivity index (χ1v) is 9.06. The number of fused-ring (bicyclic) bond motifs is 2. The molecule has 2 aliphatic rings. The Balaban J connectivity index is 1.52. The summed E-state index contributed by atoms with van der Waals surface area (Å²) in [6.07, 6.45) is 6.58. The fourth-order valence-electron chi connectivity index (χ4n) is 3.85. The first-order valence-electron chi connectivity index (χ1n) is 9.06. The normalized spacial score (nSPS) is 24.5. The van der Waals surface area contributed by atoms with Crippen molar-refractivity contribution in [3.05, 3.63) is 23.8 Å². The fraction of sp³-hybridized carbons (Fsp3) is 0.667. The largest absolute Gasteiger partial charge is 0.382 e. The van der Waals surface area contributed by atoms with E-state index in [-0.39, 0.29) is 36.5 Å². The Morgan fingerprint density at radius 2 is 1.92 bits per heavy atom. The van der Waals surface area contributed by atoms with Gasteiger partial charge >= 0.3 is 0 Å². The lowest BCUT2D eigenvalue weighted by Gasteiger charge is -2.39. The van der Waals surface area contributed by atoms with Crippen LogP contribution in [0.4, 0.5) is 0 Å². The van der Waals surface area contributed by atoms with Gasteiger partial charge in [0.25, 0.3) is 5.91 Å². The highest BCUT2D eigenvalue weighted by Gasteiger charge is 2.43. The van der Waals surface area contributed by atoms with Gasteiger partial charge in [0, 0.05) is 31.4 Å². The molecule has 2 aliphatic heterocycles. The summed E-state index contributed by atoms with van der Waals surface area (Å²) in [4.78, 5) is 35.0. The Morgan fingerprint density at radius 3 is 2.54 bits per heavy atom. The molecule has 0 aliphatic carbocycles. The lowest BCUT2D eigenvalue weighted by atomic mass is 9.97. The number of ether oxygens (including phenoxy) is 2. The molecule has 2 saturated heterocycles. The zero-order chi connectivity index (χ0) is 18.5. The molecular weight excluding hydrogens is 336 g/mol. The van der Waals surface area contributed by atoms with Crippen LogP contribution in [0.25, 0.3) is 0 Å². The van der Waals surface area contributed by atoms with Crippen LogP contribution >= 0.6 is 0 Å². The van der Waals surface area contributed by atoms with Crippen molar-refractivity contribution in [2.45, 2.75) is 50.7 Å². The van der Waals surface area contributed by atoms with Crippen molar-refractivity contribution in [3.63, 3.8) is 0 Å². The predicted molar refractivity (Wildman–Crippen MR) is 93.6 cm³/mol. The van der Waals surface area contributed by atoms with Crippen LogP contribution in [0.1, 0.15) is 41.9 Å². The minimum absolute atomic E-state index is 0.0304. The van der Waals surface area contributed by atoms with Gasteiger partial charge in [0.2, 0.25) is 5.91 Å². The highest BCUT2D eigenvalue weighted by molar-refractivity contribution is 5.92. The van der Waals surface area contributed by atoms with Gasteiger partial charge in [0.1, 0.15) is 12.3 Å². The second kappa shape index (κ2) is 8.55. The summed E-state index contributed by atoms with van der Waals surface area (Å²) in [7, 11) is 1.60. The average molecular weight is 362 g/mol. The molecule has 26 heavy (non-hydrogen) atoms. The van der Waals surface area contributed by atoms with Crippen LogP contribution in [0, 0.1) is 6.92 Å². The average Bonchev–Trinajstić information content (AvgIpc) is 2.90. The Kier molecular flexibility index (Phi) is 6.16. The maximum atomic E-state index is 12.5. The number of hydrogen-bond donors (Lipinski definition) is 1. The van der Waals surface area contributed by atoms with Crippen LogP contribution in [0.5, 0.6) is 0 Å². The number of nitrogens with zero attached hydrogens (tertiary/aromatic N) is 3. The summed E-state index contributed by atoms with van der Waals surface area (Å²) >= 11 is 0. The molecule has 2 fully saturated rings. The third-order valence-electron chi connectivity index (χ3n) is 5.03. The topological polar surface area (TPSA) is 93.7 Å². The third kappa shape index (κ3) is 4.37. The summed E-state index contributed by atoms with van der Waals surface area (Å²) < 4.78 is 10.3. The van der Waals surface area contributed by atoms with Crippen molar-refractivity contribution in [1.82, 2.24) is 20.2 Å². The monoisotopic (exact) mass is 362 g/mol. The number of aromatic nitrogens is 2. The van der Waals surface area contributed by atoms with Crippen LogP contribution in [-0.4, -0.2) is 71.7 Å². The second-order valence-electron chi connectivity index (χ2n) is 6.92. The van der Waals surface area contributed by atoms with E-state index in [2.05, 4.69) is 15.3 Å². The SMILES string of the molecule is COCCOCC(=O)N1[C@@H]2CC[C@H]1CC(NC(=O)c1cnc(C)cn1)C2. The van der Waals surface area contributed by atoms with Gasteiger partial charge in [-0.2, -0.15) is 0 Å². The number of carbonyl (C=O) groups is 2. The number of piperidine rings is 1. The van der Waals surface area contributed by atoms with Crippen molar-refractivity contribution in [1.29, 1.82) is 0 Å². The van der Waals surface area contributed by atoms with E-state index in [0.717, 1.165) is 31.4 Å². The Hall–Kier alpha value is -2.06. The molecule has 1 unspecified atom stereocenters. The minimum Gasteiger partial charge on any atom is -0.382 e. The number of aryl methyl sites for hydroxylation is 1. The van der Waals surface area contributed by atoms with Gasteiger partial charge in [-0.05, 0) is 32.6 Å². The highest BCUT2D eigenvalue weighted by Crippen LogP contribution is 2.35. The standard InChI is InChI=1S/C18H26N4O4/c1-12-9-20-16(10-19-12)18(24)21-13-7-14-3-4-15(8-13)22(14)17(23)11-26-6-5-25-2/h9-10,13-15H,3-8,11H2,1-2H3,(H,21,24)/t13?,14-,15+. The van der Waals surface area contributed by atoms with Crippen LogP contribution in [-0.2, 0) is 14.3 Å². The van der Waals surface area contributed by atoms with Gasteiger partial charge in [0.15, 0.2) is 0 Å². The van der Waals surface area contributed by atoms with E-state index >= 15 is 0 Å². The molecule has 8 heteroatoms. The molecule has 3 rings (SSSR count). The number of hydrogen-bond acceptors (Lipinski definition) is 6. The summed E-state index contributed by atoms with van der Waals surface area (Å²) in [5, 5.41) is 3.05. The van der Waals surface area contributed by atoms with Crippen molar-refractivity contribution in [3.8, 4) is 0 Å². The van der Waals surface area contributed by atoms with Crippen LogP contribution in [0.15, 0.2) is 12.4 Å². The number of rotatable bonds is 7. The van der Waals surface area contributed by atoms with Gasteiger partial charge < -0.3 is 19.7 Å². The third-order valence-corrected chi connectivity index (χ3v) is 5.03. The summed E-state index contributed by atoms with van der Waals surface area (Å²) in [5.74, 6) is -0.174. The molecule has 8 nitrogen and oxygen atoms in total. The highest BCUT2D eigenvalue weighted by atomic mass is 16.5. The van der Waals surface area contributed by atoms with Crippen molar-refractivity contribution in [2.24, 2.45) is 0 Å². The smallest absolute Gasteiger partial charge is 0.271 e. The zero-order valence-corrected chi connectivity index (χ0v) is 15.3. The summed E-state index contributed by atoms with van der Waals surface area (Å²) in [6, 6.07) is 0.393. The van der Waals surface area contributed by atoms with Crippen molar-refractivity contribution < 1.29 is 19.1 Å². The summed E-state index contributed by atoms with van der Waals surface area (Å²) in [5.41, 5.74) is 1.10. The first kappa shape index (κ1) is 18.7. The quantitative estimate of drug-likeness (QED) is 0.718. The van der Waals surface area contributed by atoms with Crippen molar-refractivity contribution in [2.75, 3.05) is 26.9 Å². The molecule has 2 bridgehead atoms. The second-order valence-corrected chi connectivity index (χ2v) is 6.92. The molecule has 1 N–H and O–H groups in total. The van der Waals surface area contributed by atoms with E-state index in [9.17, 15) is 9.59 Å². The Bertz CT molecular complexity index is 623. The van der Waals surface area contributed by atoms with Gasteiger partial charge in [-0.25, -0.2) is 4.98 Å². The van der Waals surface area contributed by atoms with Gasteiger partial charge in [-0.1, -0.05) is 0 Å². The van der Waals surface area contributed by atoms with E-state index < -0.39 is 0 Å². The first-order chi connectivity index (χ1) is 12.6. The number of carbonyl (C=O) groups excluding carboxylic acids is 2. The molecule has 0 saturated carbocycles. The number of amides is 2. The molecule has 0 radical (unpaired) electrons. The lowest BCUT2D eigenvalue weighted by Crippen LogP contribution is -2.53. The van der Waals surface area contributed by atoms with Gasteiger partial charge in [-0.15, -0.1) is 0 Å². The zero-order valence-electron chi connectivity index (χ0n) is 15.3. The van der Waals surface area contributed by atoms with E-state index in [4.69, 9.17) is 9.47 Å². The lowest BCUT2D eigenvalue weighted by molar-refractivity contribution is -0.141. The van der Waals surface area contributed by atoms with Crippen LogP contribution < -0.4 is 5.32 Å². The molecule has 0 spiro atoms. The fourth-order valence-corrected chi connectivity index (χ4v) is 3.85. The Labute approximate surface area is 153 Å². The number of methoxy groups -OCH3 is 1. The van der Waals surface area contributed by atoms with Gasteiger partial charge in [0.05, 0.1) is 25.1 Å². The maximum absolute atomic E-state index is 12.5. The molecule has 2 amide bonds. The van der Waals surface area contributed by atoms with Crippen molar-refractivity contribution >= 4 is 11.8 Å². The molecule has 1 aromatic heterocycles. The molecule has 1 aromatic rings. The molecular formula is C18H26N4O4.